The Hall–Kier alpha value is -0.157. The topological polar surface area (TPSA) is 0 Å². The molecule has 0 saturated heterocycles. The summed E-state index contributed by atoms with van der Waals surface area (Å²) in [7, 11) is 0. The van der Waals surface area contributed by atoms with Gasteiger partial charge in [-0.25, -0.2) is 0 Å². The molecule has 0 aliphatic rings. The number of hydrogen-bond donors (Lipinski definition) is 0. The van der Waals surface area contributed by atoms with Gasteiger partial charge in [0.25, 0.3) is 0 Å². The summed E-state index contributed by atoms with van der Waals surface area (Å²) in [6, 6.07) is 8.49. The number of hydrogen-bond acceptors (Lipinski definition) is 0. The third-order valence-electron chi connectivity index (χ3n) is 1.26. The molecular weight excluding hydrogens is 149 g/mol. The zero-order chi connectivity index (χ0) is 5.98. The fourth-order valence-electron chi connectivity index (χ4n) is 0.610. The second-order valence-corrected chi connectivity index (χ2v) is 3.52. The van der Waals surface area contributed by atoms with Gasteiger partial charge in [-0.05, 0) is 0 Å². The summed E-state index contributed by atoms with van der Waals surface area (Å²) >= 11 is 1.27. The van der Waals surface area contributed by atoms with E-state index >= 15 is 0 Å². The van der Waals surface area contributed by atoms with Crippen LogP contribution < -0.4 is 4.16 Å². The van der Waals surface area contributed by atoms with Crippen LogP contribution in [0.1, 0.15) is 5.56 Å². The third-order valence-corrected chi connectivity index (χ3v) is 2.93. The molecular formula is C7H7Zn. The molecule has 0 bridgehead atoms. The zero-order valence-electron chi connectivity index (χ0n) is 5.02. The Morgan fingerprint density at radius 3 is 2.25 bits per heavy atom. The first kappa shape index (κ1) is 5.97. The van der Waals surface area contributed by atoms with Crippen LogP contribution in [0.25, 0.3) is 0 Å². The molecule has 37 valence electrons. The van der Waals surface area contributed by atoms with Crippen molar-refractivity contribution in [2.75, 3.05) is 0 Å². The van der Waals surface area contributed by atoms with Crippen LogP contribution in [0.2, 0.25) is 0 Å². The molecule has 0 N–H and O–H groups in total. The van der Waals surface area contributed by atoms with Crippen LogP contribution in [0, 0.1) is 6.92 Å². The standard InChI is InChI=1S/C7H7.Zn/c1-7-5-3-2-4-6-7;/h2-5H,1H3;. The summed E-state index contributed by atoms with van der Waals surface area (Å²) in [6.07, 6.45) is 0. The first-order chi connectivity index (χ1) is 3.80. The average Bonchev–Trinajstić information content (AvgIpc) is 1.77. The van der Waals surface area contributed by atoms with Gasteiger partial charge in [0, 0.05) is 0 Å². The average molecular weight is 157 g/mol. The van der Waals surface area contributed by atoms with Gasteiger partial charge in [0.05, 0.1) is 0 Å². The molecule has 0 nitrogen and oxygen atoms in total. The molecule has 1 heteroatoms. The van der Waals surface area contributed by atoms with Crippen LogP contribution in [-0.2, 0) is 18.3 Å². The van der Waals surface area contributed by atoms with Crippen LogP contribution in [0.4, 0.5) is 0 Å². The van der Waals surface area contributed by atoms with Crippen molar-refractivity contribution < 1.29 is 18.3 Å². The van der Waals surface area contributed by atoms with E-state index in [1.807, 2.05) is 0 Å². The van der Waals surface area contributed by atoms with Gasteiger partial charge in [0.2, 0.25) is 0 Å². The molecule has 8 heavy (non-hydrogen) atoms. The summed E-state index contributed by atoms with van der Waals surface area (Å²) in [5, 5.41) is 0. The first-order valence-electron chi connectivity index (χ1n) is 2.68. The molecule has 0 atom stereocenters. The van der Waals surface area contributed by atoms with Gasteiger partial charge < -0.3 is 0 Å². The number of aryl methyl sites for hydroxylation is 1. The first-order valence-corrected chi connectivity index (χ1v) is 4.16. The maximum atomic E-state index is 2.18. The molecule has 0 spiro atoms. The Balaban J connectivity index is 3.13. The van der Waals surface area contributed by atoms with Crippen molar-refractivity contribution in [2.24, 2.45) is 0 Å². The van der Waals surface area contributed by atoms with Crippen molar-refractivity contribution in [2.45, 2.75) is 6.92 Å². The molecule has 0 fully saturated rings. The summed E-state index contributed by atoms with van der Waals surface area (Å²) in [6.45, 7) is 2.15. The van der Waals surface area contributed by atoms with E-state index in [4.69, 9.17) is 0 Å². The molecule has 0 aliphatic carbocycles. The molecule has 0 unspecified atom stereocenters. The fourth-order valence-corrected chi connectivity index (χ4v) is 1.14. The fraction of sp³-hybridized carbons (Fsp3) is 0.143. The van der Waals surface area contributed by atoms with Crippen molar-refractivity contribution in [1.29, 1.82) is 0 Å². The zero-order valence-corrected chi connectivity index (χ0v) is 7.98. The van der Waals surface area contributed by atoms with Crippen LogP contribution in [0.15, 0.2) is 24.3 Å². The Bertz CT molecular complexity index is 160. The molecule has 0 aromatic heterocycles. The second-order valence-electron chi connectivity index (χ2n) is 1.93. The number of rotatable bonds is 0. The van der Waals surface area contributed by atoms with Crippen molar-refractivity contribution in [3.8, 4) is 0 Å². The van der Waals surface area contributed by atoms with Gasteiger partial charge in [-0.15, -0.1) is 0 Å². The van der Waals surface area contributed by atoms with Crippen molar-refractivity contribution >= 4 is 4.16 Å². The Labute approximate surface area is 59.6 Å². The SMILES string of the molecule is Cc1cccc[c]1[Zn]. The summed E-state index contributed by atoms with van der Waals surface area (Å²) < 4.78 is 1.49. The Morgan fingerprint density at radius 2 is 1.88 bits per heavy atom. The van der Waals surface area contributed by atoms with E-state index in [0.29, 0.717) is 0 Å². The minimum atomic E-state index is 1.27. The molecule has 1 aromatic rings. The quantitative estimate of drug-likeness (QED) is 0.495. The molecule has 1 aromatic carbocycles. The van der Waals surface area contributed by atoms with E-state index in [9.17, 15) is 0 Å². The van der Waals surface area contributed by atoms with Gasteiger partial charge in [0.1, 0.15) is 0 Å². The molecule has 0 saturated carbocycles. The Kier molecular flexibility index (Phi) is 1.80. The molecule has 0 heterocycles. The van der Waals surface area contributed by atoms with Gasteiger partial charge in [0.15, 0.2) is 0 Å². The number of benzene rings is 1. The normalized spacial score (nSPS) is 9.38. The van der Waals surface area contributed by atoms with Crippen LogP contribution >= 0.6 is 0 Å². The van der Waals surface area contributed by atoms with E-state index < -0.39 is 0 Å². The third kappa shape index (κ3) is 1.17. The van der Waals surface area contributed by atoms with E-state index in [2.05, 4.69) is 31.2 Å². The molecule has 0 aliphatic heterocycles. The summed E-state index contributed by atoms with van der Waals surface area (Å²) in [5.74, 6) is 0. The Morgan fingerprint density at radius 1 is 1.25 bits per heavy atom. The van der Waals surface area contributed by atoms with Gasteiger partial charge in [-0.2, -0.15) is 0 Å². The van der Waals surface area contributed by atoms with E-state index in [0.717, 1.165) is 0 Å². The van der Waals surface area contributed by atoms with Crippen molar-refractivity contribution in [3.63, 3.8) is 0 Å². The predicted octanol–water partition coefficient (Wildman–Crippen LogP) is 1.17. The summed E-state index contributed by atoms with van der Waals surface area (Å²) in [5.41, 5.74) is 1.42. The van der Waals surface area contributed by atoms with Gasteiger partial charge in [-0.1, -0.05) is 0 Å². The minimum absolute atomic E-state index is 1.27. The van der Waals surface area contributed by atoms with E-state index in [1.165, 1.54) is 28.0 Å². The van der Waals surface area contributed by atoms with Gasteiger partial charge >= 0.3 is 59.2 Å². The van der Waals surface area contributed by atoms with Crippen LogP contribution in [-0.4, -0.2) is 0 Å². The van der Waals surface area contributed by atoms with E-state index in [1.54, 1.807) is 0 Å². The summed E-state index contributed by atoms with van der Waals surface area (Å²) in [4.78, 5) is 0. The van der Waals surface area contributed by atoms with Crippen molar-refractivity contribution in [1.82, 2.24) is 0 Å². The van der Waals surface area contributed by atoms with E-state index in [-0.39, 0.29) is 0 Å². The second kappa shape index (κ2) is 2.41. The molecule has 1 rings (SSSR count). The molecule has 0 radical (unpaired) electrons. The van der Waals surface area contributed by atoms with Gasteiger partial charge in [-0.3, -0.25) is 0 Å². The predicted molar refractivity (Wildman–Crippen MR) is 30.8 cm³/mol. The van der Waals surface area contributed by atoms with Crippen molar-refractivity contribution in [3.05, 3.63) is 29.8 Å². The van der Waals surface area contributed by atoms with Crippen LogP contribution in [0.5, 0.6) is 0 Å². The molecule has 0 amide bonds. The monoisotopic (exact) mass is 155 g/mol. The van der Waals surface area contributed by atoms with Crippen LogP contribution in [0.3, 0.4) is 0 Å². The maximum absolute atomic E-state index is 2.18.